The second kappa shape index (κ2) is 10.8. The molecule has 1 saturated carbocycles. The third-order valence-corrected chi connectivity index (χ3v) is 6.90. The van der Waals surface area contributed by atoms with Gasteiger partial charge in [0.25, 0.3) is 11.8 Å². The van der Waals surface area contributed by atoms with Gasteiger partial charge in [-0.3, -0.25) is 14.4 Å². The molecule has 0 saturated heterocycles. The van der Waals surface area contributed by atoms with E-state index in [2.05, 4.69) is 23.5 Å². The summed E-state index contributed by atoms with van der Waals surface area (Å²) in [5.74, 6) is -0.955. The number of hydrogen-bond acceptors (Lipinski definition) is 6. The molecule has 0 bridgehead atoms. The lowest BCUT2D eigenvalue weighted by molar-refractivity contribution is -0.126. The first kappa shape index (κ1) is 24.7. The Morgan fingerprint density at radius 1 is 1.18 bits per heavy atom. The van der Waals surface area contributed by atoms with Gasteiger partial charge < -0.3 is 21.7 Å². The molecule has 1 aromatic heterocycles. The molecule has 1 heterocycles. The summed E-state index contributed by atoms with van der Waals surface area (Å²) in [4.78, 5) is 40.8. The van der Waals surface area contributed by atoms with Crippen LogP contribution in [0.3, 0.4) is 0 Å². The van der Waals surface area contributed by atoms with Gasteiger partial charge in [0.05, 0.1) is 5.69 Å². The van der Waals surface area contributed by atoms with Crippen molar-refractivity contribution in [2.24, 2.45) is 11.7 Å². The van der Waals surface area contributed by atoms with Crippen LogP contribution < -0.4 is 16.8 Å². The van der Waals surface area contributed by atoms with Crippen LogP contribution >= 0.6 is 11.5 Å². The minimum absolute atomic E-state index is 0.0247. The Kier molecular flexibility index (Phi) is 8.07. The maximum atomic E-state index is 13.8. The van der Waals surface area contributed by atoms with Crippen LogP contribution in [0.2, 0.25) is 0 Å². The maximum absolute atomic E-state index is 13.8. The molecule has 1 aliphatic carbocycles. The van der Waals surface area contributed by atoms with Crippen molar-refractivity contribution in [2.75, 3.05) is 12.3 Å². The van der Waals surface area contributed by atoms with Gasteiger partial charge in [0.15, 0.2) is 5.69 Å². The van der Waals surface area contributed by atoms with Crippen molar-refractivity contribution in [3.8, 4) is 0 Å². The van der Waals surface area contributed by atoms with Gasteiger partial charge in [-0.2, -0.15) is 4.37 Å². The number of amides is 3. The quantitative estimate of drug-likeness (QED) is 0.516. The molecule has 1 unspecified atom stereocenters. The number of aromatic nitrogens is 1. The van der Waals surface area contributed by atoms with E-state index in [9.17, 15) is 14.4 Å². The van der Waals surface area contributed by atoms with Crippen LogP contribution in [0.4, 0.5) is 5.69 Å². The number of carbonyl (C=O) groups is 3. The minimum atomic E-state index is -0.813. The Hall–Kier alpha value is -2.94. The second-order valence-electron chi connectivity index (χ2n) is 9.08. The zero-order valence-corrected chi connectivity index (χ0v) is 20.3. The number of hydrogen-bond donors (Lipinski definition) is 3. The fraction of sp³-hybridized carbons (Fsp3) is 0.500. The molecular weight excluding hydrogens is 438 g/mol. The number of nitrogens with one attached hydrogen (secondary N) is 1. The number of anilines is 1. The summed E-state index contributed by atoms with van der Waals surface area (Å²) < 4.78 is 4.00. The lowest BCUT2D eigenvalue weighted by atomic mass is 9.99. The van der Waals surface area contributed by atoms with E-state index < -0.39 is 17.9 Å². The second-order valence-corrected chi connectivity index (χ2v) is 9.85. The molecule has 2 aromatic rings. The summed E-state index contributed by atoms with van der Waals surface area (Å²) in [6.07, 6.45) is 4.40. The van der Waals surface area contributed by atoms with Crippen LogP contribution in [0.1, 0.15) is 83.3 Å². The van der Waals surface area contributed by atoms with Crippen molar-refractivity contribution in [3.63, 3.8) is 0 Å². The number of carbonyl (C=O) groups excluding carboxylic acids is 3. The monoisotopic (exact) mass is 471 g/mol. The van der Waals surface area contributed by atoms with Crippen LogP contribution in [-0.4, -0.2) is 39.6 Å². The van der Waals surface area contributed by atoms with E-state index in [1.807, 2.05) is 31.2 Å². The first-order chi connectivity index (χ1) is 15.7. The van der Waals surface area contributed by atoms with E-state index in [0.29, 0.717) is 12.5 Å². The molecule has 3 rings (SSSR count). The predicted molar refractivity (Wildman–Crippen MR) is 130 cm³/mol. The molecule has 33 heavy (non-hydrogen) atoms. The van der Waals surface area contributed by atoms with E-state index >= 15 is 0 Å². The molecule has 0 spiro atoms. The summed E-state index contributed by atoms with van der Waals surface area (Å²) >= 11 is 0.850. The van der Waals surface area contributed by atoms with Crippen LogP contribution in [0.15, 0.2) is 24.3 Å². The molecule has 0 radical (unpaired) electrons. The average Bonchev–Trinajstić information content (AvgIpc) is 3.42. The fourth-order valence-corrected chi connectivity index (χ4v) is 4.94. The normalized spacial score (nSPS) is 14.9. The number of aryl methyl sites for hydroxylation is 1. The molecule has 1 fully saturated rings. The third kappa shape index (κ3) is 5.71. The third-order valence-electron chi connectivity index (χ3n) is 6.05. The molecule has 3 amide bonds. The molecule has 0 aliphatic heterocycles. The van der Waals surface area contributed by atoms with E-state index in [-0.39, 0.29) is 28.2 Å². The van der Waals surface area contributed by atoms with E-state index in [4.69, 9.17) is 11.5 Å². The standard InChI is InChI=1S/C24H33N5O3S/c1-14(2)12-13-27-23(31)20(16-10-8-15(3)9-11-16)29(17-6-4-5-7-17)24(32)21-18(25)19(22(26)30)28-33-21/h8-11,14,17,20H,4-7,12-13,25H2,1-3H3,(H2,26,30)(H,27,31). The van der Waals surface area contributed by atoms with Gasteiger partial charge in [0.1, 0.15) is 10.9 Å². The smallest absolute Gasteiger partial charge is 0.270 e. The SMILES string of the molecule is Cc1ccc(C(C(=O)NCCC(C)C)N(C(=O)c2snc(C(N)=O)c2N)C2CCCC2)cc1. The minimum Gasteiger partial charge on any atom is -0.395 e. The highest BCUT2D eigenvalue weighted by Crippen LogP contribution is 2.35. The van der Waals surface area contributed by atoms with E-state index in [1.54, 1.807) is 4.90 Å². The van der Waals surface area contributed by atoms with Crippen molar-refractivity contribution < 1.29 is 14.4 Å². The van der Waals surface area contributed by atoms with Crippen LogP contribution in [0.25, 0.3) is 0 Å². The molecule has 1 aromatic carbocycles. The highest BCUT2D eigenvalue weighted by Gasteiger charge is 2.39. The predicted octanol–water partition coefficient (Wildman–Crippen LogP) is 3.42. The highest BCUT2D eigenvalue weighted by molar-refractivity contribution is 7.09. The molecule has 1 aliphatic rings. The lowest BCUT2D eigenvalue weighted by Crippen LogP contribution is -2.48. The van der Waals surface area contributed by atoms with E-state index in [0.717, 1.165) is 54.8 Å². The van der Waals surface area contributed by atoms with Crippen LogP contribution in [-0.2, 0) is 4.79 Å². The Morgan fingerprint density at radius 2 is 1.82 bits per heavy atom. The maximum Gasteiger partial charge on any atom is 0.270 e. The van der Waals surface area contributed by atoms with Gasteiger partial charge >= 0.3 is 0 Å². The summed E-state index contributed by atoms with van der Waals surface area (Å²) in [6.45, 7) is 6.70. The topological polar surface area (TPSA) is 131 Å². The summed E-state index contributed by atoms with van der Waals surface area (Å²) in [7, 11) is 0. The van der Waals surface area contributed by atoms with E-state index in [1.165, 1.54) is 0 Å². The van der Waals surface area contributed by atoms with Gasteiger partial charge in [-0.25, -0.2) is 0 Å². The number of benzene rings is 1. The number of nitrogens with two attached hydrogens (primary N) is 2. The molecule has 1 atom stereocenters. The van der Waals surface area contributed by atoms with Gasteiger partial charge in [0.2, 0.25) is 5.91 Å². The van der Waals surface area contributed by atoms with Crippen LogP contribution in [0, 0.1) is 12.8 Å². The average molecular weight is 472 g/mol. The Labute approximate surface area is 198 Å². The van der Waals surface area contributed by atoms with Crippen molar-refractivity contribution in [2.45, 2.75) is 65.0 Å². The zero-order valence-electron chi connectivity index (χ0n) is 19.5. The van der Waals surface area contributed by atoms with Gasteiger partial charge in [-0.15, -0.1) is 0 Å². The number of rotatable bonds is 9. The fourth-order valence-electron chi connectivity index (χ4n) is 4.19. The Bertz CT molecular complexity index is 996. The van der Waals surface area contributed by atoms with Crippen molar-refractivity contribution >= 4 is 34.9 Å². The first-order valence-corrected chi connectivity index (χ1v) is 12.2. The summed E-state index contributed by atoms with van der Waals surface area (Å²) in [5.41, 5.74) is 13.1. The van der Waals surface area contributed by atoms with Crippen LogP contribution in [0.5, 0.6) is 0 Å². The summed E-state index contributed by atoms with van der Waals surface area (Å²) in [5, 5.41) is 3.03. The molecule has 9 heteroatoms. The van der Waals surface area contributed by atoms with Gasteiger partial charge in [-0.1, -0.05) is 56.5 Å². The zero-order chi connectivity index (χ0) is 24.1. The lowest BCUT2D eigenvalue weighted by Gasteiger charge is -2.36. The Morgan fingerprint density at radius 3 is 2.36 bits per heavy atom. The largest absolute Gasteiger partial charge is 0.395 e. The summed E-state index contributed by atoms with van der Waals surface area (Å²) in [6, 6.07) is 6.73. The Balaban J connectivity index is 2.04. The molecular formula is C24H33N5O3S. The van der Waals surface area contributed by atoms with Gasteiger partial charge in [0, 0.05) is 12.6 Å². The number of primary amides is 1. The highest BCUT2D eigenvalue weighted by atomic mass is 32.1. The molecule has 8 nitrogen and oxygen atoms in total. The van der Waals surface area contributed by atoms with Crippen molar-refractivity contribution in [1.29, 1.82) is 0 Å². The van der Waals surface area contributed by atoms with Crippen molar-refractivity contribution in [1.82, 2.24) is 14.6 Å². The van der Waals surface area contributed by atoms with Crippen molar-refractivity contribution in [3.05, 3.63) is 46.0 Å². The molecule has 178 valence electrons. The van der Waals surface area contributed by atoms with Gasteiger partial charge in [-0.05, 0) is 49.2 Å². The number of nitrogens with zero attached hydrogens (tertiary/aromatic N) is 2. The first-order valence-electron chi connectivity index (χ1n) is 11.4. The number of nitrogen functional groups attached to an aromatic ring is 1. The molecule has 5 N–H and O–H groups in total.